The summed E-state index contributed by atoms with van der Waals surface area (Å²) >= 11 is 4.94. The summed E-state index contributed by atoms with van der Waals surface area (Å²) in [7, 11) is 0. The van der Waals surface area contributed by atoms with Crippen molar-refractivity contribution in [3.8, 4) is 17.1 Å². The fourth-order valence-corrected chi connectivity index (χ4v) is 2.18. The maximum Gasteiger partial charge on any atom is 0.427 e. The van der Waals surface area contributed by atoms with Crippen LogP contribution in [0.1, 0.15) is 19.7 Å². The molecule has 0 aromatic carbocycles. The van der Waals surface area contributed by atoms with Crippen molar-refractivity contribution in [2.45, 2.75) is 31.0 Å². The van der Waals surface area contributed by atoms with E-state index in [0.29, 0.717) is 4.52 Å². The van der Waals surface area contributed by atoms with Crippen LogP contribution in [-0.2, 0) is 5.38 Å². The maximum atomic E-state index is 14.2. The molecule has 0 aliphatic carbocycles. The van der Waals surface area contributed by atoms with Crippen LogP contribution in [0.25, 0.3) is 16.9 Å². The topological polar surface area (TPSA) is 65.2 Å². The zero-order chi connectivity index (χ0) is 20.9. The number of fused-ring (bicyclic) bond motifs is 1. The minimum atomic E-state index is -4.76. The highest BCUT2D eigenvalue weighted by Gasteiger charge is 2.50. The average molecular weight is 426 g/mol. The van der Waals surface area contributed by atoms with Crippen molar-refractivity contribution < 1.29 is 31.1 Å². The second-order valence-electron chi connectivity index (χ2n) is 6.13. The molecule has 6 nitrogen and oxygen atoms in total. The van der Waals surface area contributed by atoms with Gasteiger partial charge in [-0.15, -0.1) is 10.2 Å². The molecular weight excluding hydrogens is 416 g/mol. The first-order valence-corrected chi connectivity index (χ1v) is 7.89. The van der Waals surface area contributed by atoms with Gasteiger partial charge in [0.15, 0.2) is 17.1 Å². The van der Waals surface area contributed by atoms with Gasteiger partial charge in [-0.05, 0) is 43.6 Å². The van der Waals surface area contributed by atoms with Crippen molar-refractivity contribution in [1.29, 1.82) is 0 Å². The van der Waals surface area contributed by atoms with Gasteiger partial charge in [0, 0.05) is 11.8 Å². The highest BCUT2D eigenvalue weighted by Crippen LogP contribution is 2.35. The molecule has 150 valence electrons. The summed E-state index contributed by atoms with van der Waals surface area (Å²) in [5, 5.41) is 6.74. The fraction of sp³-hybridized carbons (Fsp3) is 0.333. The summed E-state index contributed by atoms with van der Waals surface area (Å²) in [4.78, 5) is 3.54. The largest absolute Gasteiger partial charge is 0.460 e. The van der Waals surface area contributed by atoms with Gasteiger partial charge in [0.25, 0.3) is 5.88 Å². The number of hydrogen-bond donors (Lipinski definition) is 0. The average Bonchev–Trinajstić information content (AvgIpc) is 2.98. The SMILES string of the molecule is CC(C)(Oc1ncc(-c2ccc3nnc(C(F)(F)Cl)n3n2)cc1F)C(F)(F)F. The van der Waals surface area contributed by atoms with Gasteiger partial charge in [0.05, 0.1) is 5.69 Å². The van der Waals surface area contributed by atoms with Gasteiger partial charge in [-0.25, -0.2) is 9.37 Å². The van der Waals surface area contributed by atoms with Crippen LogP contribution in [-0.4, -0.2) is 36.6 Å². The molecule has 3 aromatic rings. The summed E-state index contributed by atoms with van der Waals surface area (Å²) < 4.78 is 84.8. The van der Waals surface area contributed by atoms with E-state index < -0.39 is 34.7 Å². The standard InChI is InChI=1S/C15H10ClF6N5O/c1-13(2,15(20,21)22)28-11-8(17)5-7(6-23-11)9-3-4-10-24-25-12(14(16,18)19)27(10)26-9/h3-6H,1-2H3. The molecule has 3 heterocycles. The lowest BCUT2D eigenvalue weighted by molar-refractivity contribution is -0.235. The van der Waals surface area contributed by atoms with Crippen molar-refractivity contribution in [3.05, 3.63) is 36.0 Å². The van der Waals surface area contributed by atoms with Crippen LogP contribution in [0.5, 0.6) is 5.88 Å². The van der Waals surface area contributed by atoms with Crippen LogP contribution in [0, 0.1) is 5.82 Å². The molecule has 0 spiro atoms. The Morgan fingerprint density at radius 1 is 1.07 bits per heavy atom. The highest BCUT2D eigenvalue weighted by atomic mass is 35.5. The van der Waals surface area contributed by atoms with Crippen LogP contribution < -0.4 is 4.74 Å². The molecule has 3 rings (SSSR count). The Kier molecular flexibility index (Phi) is 4.64. The maximum absolute atomic E-state index is 14.2. The van der Waals surface area contributed by atoms with Crippen molar-refractivity contribution in [2.24, 2.45) is 0 Å². The second kappa shape index (κ2) is 6.47. The minimum absolute atomic E-state index is 0.00546. The van der Waals surface area contributed by atoms with Crippen LogP contribution in [0.3, 0.4) is 0 Å². The third kappa shape index (κ3) is 3.68. The first-order chi connectivity index (χ1) is 12.8. The summed E-state index contributed by atoms with van der Waals surface area (Å²) in [6, 6.07) is 3.40. The Labute approximate surface area is 158 Å². The van der Waals surface area contributed by atoms with Gasteiger partial charge >= 0.3 is 11.6 Å². The molecule has 0 radical (unpaired) electrons. The molecule has 0 fully saturated rings. The predicted molar refractivity (Wildman–Crippen MR) is 84.5 cm³/mol. The lowest BCUT2D eigenvalue weighted by atomic mass is 10.1. The van der Waals surface area contributed by atoms with Gasteiger partial charge in [-0.1, -0.05) is 0 Å². The number of ether oxygens (including phenoxy) is 1. The lowest BCUT2D eigenvalue weighted by Gasteiger charge is -2.28. The smallest absolute Gasteiger partial charge is 0.427 e. The summed E-state index contributed by atoms with van der Waals surface area (Å²) in [6.45, 7) is 1.44. The van der Waals surface area contributed by atoms with Gasteiger partial charge in [-0.3, -0.25) is 0 Å². The van der Waals surface area contributed by atoms with Gasteiger partial charge in [0.1, 0.15) is 0 Å². The van der Waals surface area contributed by atoms with E-state index in [0.717, 1.165) is 26.1 Å². The van der Waals surface area contributed by atoms with E-state index in [1.54, 1.807) is 0 Å². The Balaban J connectivity index is 1.98. The summed E-state index contributed by atoms with van der Waals surface area (Å²) in [5.41, 5.74) is -2.75. The molecule has 0 saturated carbocycles. The Bertz CT molecular complexity index is 1030. The first-order valence-electron chi connectivity index (χ1n) is 7.51. The predicted octanol–water partition coefficient (Wildman–Crippen LogP) is 4.33. The zero-order valence-electron chi connectivity index (χ0n) is 14.1. The van der Waals surface area contributed by atoms with E-state index in [4.69, 9.17) is 11.6 Å². The van der Waals surface area contributed by atoms with E-state index in [1.807, 2.05) is 0 Å². The number of pyridine rings is 1. The van der Waals surface area contributed by atoms with Crippen LogP contribution in [0.4, 0.5) is 26.3 Å². The van der Waals surface area contributed by atoms with Crippen LogP contribution in [0.15, 0.2) is 24.4 Å². The van der Waals surface area contributed by atoms with Crippen molar-refractivity contribution >= 4 is 17.2 Å². The molecule has 28 heavy (non-hydrogen) atoms. The highest BCUT2D eigenvalue weighted by molar-refractivity contribution is 6.21. The van der Waals surface area contributed by atoms with Crippen molar-refractivity contribution in [2.75, 3.05) is 0 Å². The number of hydrogen-bond acceptors (Lipinski definition) is 5. The Morgan fingerprint density at radius 3 is 2.32 bits per heavy atom. The zero-order valence-corrected chi connectivity index (χ0v) is 14.9. The molecule has 0 saturated heterocycles. The monoisotopic (exact) mass is 425 g/mol. The normalized spacial score (nSPS) is 13.2. The van der Waals surface area contributed by atoms with E-state index in [2.05, 4.69) is 25.0 Å². The first kappa shape index (κ1) is 20.1. The van der Waals surface area contributed by atoms with Gasteiger partial charge < -0.3 is 4.74 Å². The molecule has 0 unspecified atom stereocenters. The molecule has 0 bridgehead atoms. The van der Waals surface area contributed by atoms with Crippen LogP contribution >= 0.6 is 11.6 Å². The Morgan fingerprint density at radius 2 is 1.75 bits per heavy atom. The molecular formula is C15H10ClF6N5O. The lowest BCUT2D eigenvalue weighted by Crippen LogP contribution is -2.45. The van der Waals surface area contributed by atoms with E-state index >= 15 is 0 Å². The van der Waals surface area contributed by atoms with Crippen molar-refractivity contribution in [1.82, 2.24) is 24.8 Å². The van der Waals surface area contributed by atoms with E-state index in [9.17, 15) is 26.3 Å². The fourth-order valence-electron chi connectivity index (χ4n) is 2.06. The Hall–Kier alpha value is -2.63. The van der Waals surface area contributed by atoms with E-state index in [1.165, 1.54) is 12.1 Å². The third-order valence-electron chi connectivity index (χ3n) is 3.65. The molecule has 0 aliphatic rings. The molecule has 0 N–H and O–H groups in total. The molecule has 0 amide bonds. The molecule has 0 atom stereocenters. The number of alkyl halides is 6. The quantitative estimate of drug-likeness (QED) is 0.460. The van der Waals surface area contributed by atoms with Crippen LogP contribution in [0.2, 0.25) is 0 Å². The minimum Gasteiger partial charge on any atom is -0.460 e. The molecule has 0 aliphatic heterocycles. The number of aromatic nitrogens is 5. The number of rotatable bonds is 4. The second-order valence-corrected chi connectivity index (χ2v) is 6.61. The molecule has 13 heteroatoms. The molecule has 3 aromatic heterocycles. The number of halogens is 7. The van der Waals surface area contributed by atoms with Crippen molar-refractivity contribution in [3.63, 3.8) is 0 Å². The van der Waals surface area contributed by atoms with Gasteiger partial charge in [-0.2, -0.15) is 31.6 Å². The van der Waals surface area contributed by atoms with Gasteiger partial charge in [0.2, 0.25) is 5.82 Å². The number of nitrogens with zero attached hydrogens (tertiary/aromatic N) is 5. The summed E-state index contributed by atoms with van der Waals surface area (Å²) in [5.74, 6) is -3.01. The van der Waals surface area contributed by atoms with E-state index in [-0.39, 0.29) is 16.9 Å². The third-order valence-corrected chi connectivity index (χ3v) is 3.82. The summed E-state index contributed by atoms with van der Waals surface area (Å²) in [6.07, 6.45) is -3.77.